The first-order valence-corrected chi connectivity index (χ1v) is 6.76. The van der Waals surface area contributed by atoms with E-state index in [9.17, 15) is 14.4 Å². The number of ether oxygens (including phenoxy) is 2. The van der Waals surface area contributed by atoms with E-state index in [1.54, 1.807) is 24.3 Å². The van der Waals surface area contributed by atoms with Crippen molar-refractivity contribution in [1.82, 2.24) is 5.43 Å². The lowest BCUT2D eigenvalue weighted by Crippen LogP contribution is -2.34. The molecule has 7 heteroatoms. The third-order valence-electron chi connectivity index (χ3n) is 3.17. The van der Waals surface area contributed by atoms with Crippen molar-refractivity contribution in [3.05, 3.63) is 29.8 Å². The molecule has 1 aliphatic rings. The Balaban J connectivity index is 1.98. The van der Waals surface area contributed by atoms with E-state index < -0.39 is 12.1 Å². The van der Waals surface area contributed by atoms with Crippen LogP contribution in [-0.2, 0) is 14.3 Å². The fourth-order valence-corrected chi connectivity index (χ4v) is 1.89. The molecule has 1 aromatic carbocycles. The van der Waals surface area contributed by atoms with Crippen LogP contribution in [0.5, 0.6) is 5.75 Å². The molecule has 0 saturated carbocycles. The number of hydrogen-bond acceptors (Lipinski definition) is 6. The lowest BCUT2D eigenvalue weighted by molar-refractivity contribution is -0.138. The molecule has 1 aliphatic heterocycles. The molecule has 22 heavy (non-hydrogen) atoms. The smallest absolute Gasteiger partial charge is 0.355 e. The predicted molar refractivity (Wildman–Crippen MR) is 77.7 cm³/mol. The maximum atomic E-state index is 12.2. The molecule has 0 aromatic heterocycles. The van der Waals surface area contributed by atoms with E-state index in [1.165, 1.54) is 14.0 Å². The van der Waals surface area contributed by atoms with Crippen molar-refractivity contribution in [2.24, 2.45) is 5.10 Å². The highest BCUT2D eigenvalue weighted by molar-refractivity contribution is 6.37. The summed E-state index contributed by atoms with van der Waals surface area (Å²) in [6.45, 7) is 1.49. The van der Waals surface area contributed by atoms with E-state index in [-0.39, 0.29) is 30.2 Å². The van der Waals surface area contributed by atoms with Gasteiger partial charge in [-0.3, -0.25) is 9.59 Å². The Morgan fingerprint density at radius 2 is 1.91 bits per heavy atom. The molecule has 1 aromatic rings. The number of carbonyl (C=O) groups excluding carboxylic acids is 3. The lowest BCUT2D eigenvalue weighted by Gasteiger charge is -2.15. The fourth-order valence-electron chi connectivity index (χ4n) is 1.89. The molecule has 0 spiro atoms. The molecule has 0 saturated heterocycles. The van der Waals surface area contributed by atoms with Gasteiger partial charge in [-0.1, -0.05) is 0 Å². The number of benzene rings is 1. The number of rotatable bonds is 5. The predicted octanol–water partition coefficient (Wildman–Crippen LogP) is 1.08. The van der Waals surface area contributed by atoms with Gasteiger partial charge in [-0.15, -0.1) is 0 Å². The molecule has 1 N–H and O–H groups in total. The first-order valence-electron chi connectivity index (χ1n) is 6.76. The maximum absolute atomic E-state index is 12.2. The van der Waals surface area contributed by atoms with E-state index in [1.807, 2.05) is 0 Å². The number of hydrogen-bond donors (Lipinski definition) is 1. The summed E-state index contributed by atoms with van der Waals surface area (Å²) < 4.78 is 10.1. The van der Waals surface area contributed by atoms with Gasteiger partial charge in [0.15, 0.2) is 6.10 Å². The Bertz CT molecular complexity index is 621. The summed E-state index contributed by atoms with van der Waals surface area (Å²) in [6.07, 6.45) is -0.565. The summed E-state index contributed by atoms with van der Waals surface area (Å²) in [5.74, 6) is -0.641. The van der Waals surface area contributed by atoms with Crippen LogP contribution < -0.4 is 10.2 Å². The number of nitrogens with one attached hydrogen (secondary N) is 1. The summed E-state index contributed by atoms with van der Waals surface area (Å²) in [5, 5.41) is 3.63. The Kier molecular flexibility index (Phi) is 4.88. The average Bonchev–Trinajstić information content (AvgIpc) is 2.54. The van der Waals surface area contributed by atoms with Crippen molar-refractivity contribution in [3.8, 4) is 5.75 Å². The molecular weight excluding hydrogens is 288 g/mol. The standard InChI is InChI=1S/C15H16N2O5/c1-9(14(19)10-3-5-11(21-2)6-4-10)22-15(20)12-7-8-13(18)17-16-12/h3-6,9H,7-8H2,1-2H3,(H,17,18)/t9-/m0/s1. The van der Waals surface area contributed by atoms with Gasteiger partial charge in [-0.2, -0.15) is 5.10 Å². The Morgan fingerprint density at radius 3 is 2.45 bits per heavy atom. The topological polar surface area (TPSA) is 94.1 Å². The number of methoxy groups -OCH3 is 1. The third-order valence-corrected chi connectivity index (χ3v) is 3.17. The Morgan fingerprint density at radius 1 is 1.23 bits per heavy atom. The van der Waals surface area contributed by atoms with Crippen LogP contribution in [-0.4, -0.2) is 36.6 Å². The van der Waals surface area contributed by atoms with Crippen LogP contribution in [0.2, 0.25) is 0 Å². The van der Waals surface area contributed by atoms with Crippen molar-refractivity contribution in [2.45, 2.75) is 25.9 Å². The van der Waals surface area contributed by atoms with Crippen LogP contribution in [0.25, 0.3) is 0 Å². The first kappa shape index (κ1) is 15.7. The van der Waals surface area contributed by atoms with Crippen molar-refractivity contribution in [2.75, 3.05) is 7.11 Å². The highest BCUT2D eigenvalue weighted by Gasteiger charge is 2.24. The van der Waals surface area contributed by atoms with E-state index in [0.29, 0.717) is 11.3 Å². The average molecular weight is 304 g/mol. The quantitative estimate of drug-likeness (QED) is 0.649. The number of Topliss-reactive ketones (excluding diaryl/α,β-unsaturated/α-hetero) is 1. The van der Waals surface area contributed by atoms with Crippen LogP contribution >= 0.6 is 0 Å². The van der Waals surface area contributed by atoms with E-state index in [2.05, 4.69) is 10.5 Å². The van der Waals surface area contributed by atoms with E-state index in [4.69, 9.17) is 9.47 Å². The molecular formula is C15H16N2O5. The number of ketones is 1. The monoisotopic (exact) mass is 304 g/mol. The van der Waals surface area contributed by atoms with Gasteiger partial charge in [0.2, 0.25) is 11.7 Å². The zero-order chi connectivity index (χ0) is 16.1. The SMILES string of the molecule is COc1ccc(C(=O)[C@H](C)OC(=O)C2=NNC(=O)CC2)cc1. The van der Waals surface area contributed by atoms with Crippen molar-refractivity contribution in [3.63, 3.8) is 0 Å². The van der Waals surface area contributed by atoms with Crippen LogP contribution in [0.15, 0.2) is 29.4 Å². The molecule has 0 bridgehead atoms. The molecule has 0 unspecified atom stereocenters. The van der Waals surface area contributed by atoms with Crippen LogP contribution in [0.1, 0.15) is 30.1 Å². The largest absolute Gasteiger partial charge is 0.497 e. The van der Waals surface area contributed by atoms with Gasteiger partial charge in [-0.25, -0.2) is 10.2 Å². The molecule has 0 radical (unpaired) electrons. The van der Waals surface area contributed by atoms with Crippen molar-refractivity contribution in [1.29, 1.82) is 0 Å². The zero-order valence-electron chi connectivity index (χ0n) is 12.3. The van der Waals surface area contributed by atoms with Crippen molar-refractivity contribution >= 4 is 23.4 Å². The fraction of sp³-hybridized carbons (Fsp3) is 0.333. The number of carbonyl (C=O) groups is 3. The van der Waals surface area contributed by atoms with Gasteiger partial charge in [-0.05, 0) is 31.2 Å². The summed E-state index contributed by atoms with van der Waals surface area (Å²) in [7, 11) is 1.53. The van der Waals surface area contributed by atoms with Gasteiger partial charge >= 0.3 is 5.97 Å². The normalized spacial score (nSPS) is 15.4. The minimum absolute atomic E-state index is 0.106. The second kappa shape index (κ2) is 6.84. The van der Waals surface area contributed by atoms with Gasteiger partial charge in [0, 0.05) is 18.4 Å². The molecule has 1 amide bonds. The second-order valence-electron chi connectivity index (χ2n) is 4.73. The summed E-state index contributed by atoms with van der Waals surface area (Å²) >= 11 is 0. The second-order valence-corrected chi connectivity index (χ2v) is 4.73. The van der Waals surface area contributed by atoms with Crippen LogP contribution in [0.4, 0.5) is 0 Å². The zero-order valence-corrected chi connectivity index (χ0v) is 12.3. The number of hydrazone groups is 1. The van der Waals surface area contributed by atoms with Gasteiger partial charge in [0.05, 0.1) is 7.11 Å². The van der Waals surface area contributed by atoms with Crippen LogP contribution in [0.3, 0.4) is 0 Å². The molecule has 116 valence electrons. The highest BCUT2D eigenvalue weighted by Crippen LogP contribution is 2.14. The number of amides is 1. The summed E-state index contributed by atoms with van der Waals surface area (Å²) in [4.78, 5) is 35.0. The Labute approximate surface area is 127 Å². The lowest BCUT2D eigenvalue weighted by atomic mass is 10.1. The van der Waals surface area contributed by atoms with E-state index >= 15 is 0 Å². The highest BCUT2D eigenvalue weighted by atomic mass is 16.5. The van der Waals surface area contributed by atoms with Gasteiger partial charge in [0.1, 0.15) is 11.5 Å². The molecule has 1 atom stereocenters. The molecule has 7 nitrogen and oxygen atoms in total. The molecule has 1 heterocycles. The van der Waals surface area contributed by atoms with Gasteiger partial charge in [0.25, 0.3) is 0 Å². The van der Waals surface area contributed by atoms with Gasteiger partial charge < -0.3 is 9.47 Å². The first-order chi connectivity index (χ1) is 10.5. The summed E-state index contributed by atoms with van der Waals surface area (Å²) in [5.41, 5.74) is 2.73. The Hall–Kier alpha value is -2.70. The van der Waals surface area contributed by atoms with Crippen LogP contribution in [0, 0.1) is 0 Å². The number of nitrogens with zero attached hydrogens (tertiary/aromatic N) is 1. The minimum Gasteiger partial charge on any atom is -0.497 e. The molecule has 0 aliphatic carbocycles. The number of esters is 1. The molecule has 2 rings (SSSR count). The minimum atomic E-state index is -0.943. The molecule has 0 fully saturated rings. The third kappa shape index (κ3) is 3.69. The maximum Gasteiger partial charge on any atom is 0.355 e. The van der Waals surface area contributed by atoms with E-state index in [0.717, 1.165) is 0 Å². The van der Waals surface area contributed by atoms with Crippen molar-refractivity contribution < 1.29 is 23.9 Å². The summed E-state index contributed by atoms with van der Waals surface area (Å²) in [6, 6.07) is 6.51.